The van der Waals surface area contributed by atoms with Crippen molar-refractivity contribution in [1.82, 2.24) is 9.80 Å². The lowest BCUT2D eigenvalue weighted by atomic mass is 10.4. The van der Waals surface area contributed by atoms with E-state index in [-0.39, 0.29) is 12.8 Å². The van der Waals surface area contributed by atoms with Crippen molar-refractivity contribution >= 4 is 0 Å². The largest absolute Gasteiger partial charge is 0.392 e. The molecule has 0 aromatic heterocycles. The molecule has 2 rings (SSSR count). The first-order chi connectivity index (χ1) is 8.40. The number of hydrogen-bond donors (Lipinski definition) is 1. The first-order valence-electron chi connectivity index (χ1n) is 6.67. The highest BCUT2D eigenvalue weighted by Crippen LogP contribution is 2.12. The lowest BCUT2D eigenvalue weighted by Crippen LogP contribution is -2.42. The minimum Gasteiger partial charge on any atom is -0.392 e. The normalized spacial score (nSPS) is 25.2. The Morgan fingerprint density at radius 2 is 1.82 bits per heavy atom. The average molecular weight is 244 g/mol. The second-order valence-corrected chi connectivity index (χ2v) is 4.71. The Morgan fingerprint density at radius 3 is 2.47 bits per heavy atom. The van der Waals surface area contributed by atoms with Crippen LogP contribution in [0.5, 0.6) is 0 Å². The molecule has 1 N–H and O–H groups in total. The molecule has 100 valence electrons. The molecule has 0 radical (unpaired) electrons. The van der Waals surface area contributed by atoms with Crippen molar-refractivity contribution in [2.75, 3.05) is 59.2 Å². The highest BCUT2D eigenvalue weighted by atomic mass is 16.5. The number of likely N-dealkylation sites (tertiary alicyclic amines) is 1. The lowest BCUT2D eigenvalue weighted by Gasteiger charge is -2.29. The summed E-state index contributed by atoms with van der Waals surface area (Å²) < 4.78 is 11.1. The molecule has 2 fully saturated rings. The summed E-state index contributed by atoms with van der Waals surface area (Å²) in [6.45, 7) is 7.50. The Morgan fingerprint density at radius 1 is 1.12 bits per heavy atom. The van der Waals surface area contributed by atoms with Gasteiger partial charge in [0.15, 0.2) is 0 Å². The third-order valence-corrected chi connectivity index (χ3v) is 3.53. The van der Waals surface area contributed by atoms with E-state index in [2.05, 4.69) is 9.80 Å². The molecule has 0 aliphatic carbocycles. The van der Waals surface area contributed by atoms with Crippen LogP contribution in [0.25, 0.3) is 0 Å². The Labute approximate surface area is 103 Å². The molecule has 17 heavy (non-hydrogen) atoms. The molecule has 0 saturated carbocycles. The maximum atomic E-state index is 9.32. The summed E-state index contributed by atoms with van der Waals surface area (Å²) in [4.78, 5) is 4.58. The van der Waals surface area contributed by atoms with Gasteiger partial charge in [0.2, 0.25) is 0 Å². The number of rotatable bonds is 6. The minimum atomic E-state index is -0.0986. The van der Waals surface area contributed by atoms with E-state index in [9.17, 15) is 5.11 Å². The Bertz CT molecular complexity index is 204. The zero-order chi connectivity index (χ0) is 11.9. The maximum Gasteiger partial charge on any atom is 0.134 e. The van der Waals surface area contributed by atoms with E-state index in [4.69, 9.17) is 9.47 Å². The topological polar surface area (TPSA) is 45.2 Å². The summed E-state index contributed by atoms with van der Waals surface area (Å²) in [7, 11) is 0. The SMILES string of the molecule is OCC(OCCN1CCOCC1)N1CCCC1. The quantitative estimate of drug-likeness (QED) is 0.698. The van der Waals surface area contributed by atoms with E-state index in [0.29, 0.717) is 6.61 Å². The first kappa shape index (κ1) is 13.2. The number of nitrogens with zero attached hydrogens (tertiary/aromatic N) is 2. The molecule has 0 amide bonds. The van der Waals surface area contributed by atoms with E-state index in [0.717, 1.165) is 45.9 Å². The molecule has 2 saturated heterocycles. The van der Waals surface area contributed by atoms with Gasteiger partial charge in [0.25, 0.3) is 0 Å². The predicted molar refractivity (Wildman–Crippen MR) is 64.9 cm³/mol. The van der Waals surface area contributed by atoms with Gasteiger partial charge in [0.05, 0.1) is 26.4 Å². The van der Waals surface area contributed by atoms with Gasteiger partial charge in [-0.15, -0.1) is 0 Å². The van der Waals surface area contributed by atoms with Crippen molar-refractivity contribution < 1.29 is 14.6 Å². The van der Waals surface area contributed by atoms with Crippen molar-refractivity contribution in [3.63, 3.8) is 0 Å². The number of morpholine rings is 1. The van der Waals surface area contributed by atoms with Gasteiger partial charge in [-0.3, -0.25) is 9.80 Å². The second-order valence-electron chi connectivity index (χ2n) is 4.71. The fraction of sp³-hybridized carbons (Fsp3) is 1.00. The van der Waals surface area contributed by atoms with E-state index in [1.165, 1.54) is 12.8 Å². The third kappa shape index (κ3) is 4.19. The smallest absolute Gasteiger partial charge is 0.134 e. The first-order valence-corrected chi connectivity index (χ1v) is 6.67. The fourth-order valence-corrected chi connectivity index (χ4v) is 2.45. The van der Waals surface area contributed by atoms with Gasteiger partial charge in [-0.05, 0) is 12.8 Å². The number of aliphatic hydroxyl groups excluding tert-OH is 1. The van der Waals surface area contributed by atoms with Crippen LogP contribution in [0, 0.1) is 0 Å². The summed E-state index contributed by atoms with van der Waals surface area (Å²) in [6.07, 6.45) is 2.35. The summed E-state index contributed by atoms with van der Waals surface area (Å²) in [5.41, 5.74) is 0. The number of aliphatic hydroxyl groups is 1. The molecular formula is C12H24N2O3. The fourth-order valence-electron chi connectivity index (χ4n) is 2.45. The third-order valence-electron chi connectivity index (χ3n) is 3.53. The van der Waals surface area contributed by atoms with Crippen LogP contribution in [0.2, 0.25) is 0 Å². The average Bonchev–Trinajstić information content (AvgIpc) is 2.90. The van der Waals surface area contributed by atoms with Crippen LogP contribution in [0.3, 0.4) is 0 Å². The lowest BCUT2D eigenvalue weighted by molar-refractivity contribution is -0.0858. The Balaban J connectivity index is 1.61. The van der Waals surface area contributed by atoms with Gasteiger partial charge in [-0.1, -0.05) is 0 Å². The van der Waals surface area contributed by atoms with Crippen LogP contribution in [0.1, 0.15) is 12.8 Å². The molecular weight excluding hydrogens is 220 g/mol. The van der Waals surface area contributed by atoms with Crippen LogP contribution in [-0.4, -0.2) is 80.3 Å². The standard InChI is InChI=1S/C12H24N2O3/c15-11-12(14-3-1-2-4-14)17-10-7-13-5-8-16-9-6-13/h12,15H,1-11H2. The van der Waals surface area contributed by atoms with Gasteiger partial charge in [0, 0.05) is 32.7 Å². The molecule has 1 atom stereocenters. The van der Waals surface area contributed by atoms with Gasteiger partial charge in [-0.2, -0.15) is 0 Å². The monoisotopic (exact) mass is 244 g/mol. The van der Waals surface area contributed by atoms with Crippen LogP contribution in [0.15, 0.2) is 0 Å². The summed E-state index contributed by atoms with van der Waals surface area (Å²) in [5, 5.41) is 9.32. The van der Waals surface area contributed by atoms with Crippen LogP contribution in [0.4, 0.5) is 0 Å². The van der Waals surface area contributed by atoms with E-state index < -0.39 is 0 Å². The Hall–Kier alpha value is -0.200. The highest BCUT2D eigenvalue weighted by Gasteiger charge is 2.21. The van der Waals surface area contributed by atoms with Crippen molar-refractivity contribution in [3.8, 4) is 0 Å². The molecule has 2 heterocycles. The van der Waals surface area contributed by atoms with E-state index in [1.807, 2.05) is 0 Å². The predicted octanol–water partition coefficient (Wildman–Crippen LogP) is -0.251. The molecule has 0 aromatic rings. The van der Waals surface area contributed by atoms with Crippen molar-refractivity contribution in [3.05, 3.63) is 0 Å². The molecule has 0 spiro atoms. The van der Waals surface area contributed by atoms with Gasteiger partial charge < -0.3 is 14.6 Å². The molecule has 5 heteroatoms. The van der Waals surface area contributed by atoms with Crippen LogP contribution < -0.4 is 0 Å². The van der Waals surface area contributed by atoms with Crippen molar-refractivity contribution in [2.24, 2.45) is 0 Å². The summed E-state index contributed by atoms with van der Waals surface area (Å²) in [6, 6.07) is 0. The Kier molecular flexibility index (Phi) is 5.67. The summed E-state index contributed by atoms with van der Waals surface area (Å²) >= 11 is 0. The van der Waals surface area contributed by atoms with Gasteiger partial charge in [0.1, 0.15) is 6.23 Å². The van der Waals surface area contributed by atoms with E-state index in [1.54, 1.807) is 0 Å². The molecule has 2 aliphatic heterocycles. The van der Waals surface area contributed by atoms with Gasteiger partial charge in [-0.25, -0.2) is 0 Å². The van der Waals surface area contributed by atoms with Gasteiger partial charge >= 0.3 is 0 Å². The van der Waals surface area contributed by atoms with Crippen LogP contribution >= 0.6 is 0 Å². The minimum absolute atomic E-state index is 0.0986. The molecule has 1 unspecified atom stereocenters. The molecule has 0 bridgehead atoms. The zero-order valence-electron chi connectivity index (χ0n) is 10.5. The second kappa shape index (κ2) is 7.28. The highest BCUT2D eigenvalue weighted by molar-refractivity contribution is 4.70. The van der Waals surface area contributed by atoms with E-state index >= 15 is 0 Å². The van der Waals surface area contributed by atoms with Crippen molar-refractivity contribution in [1.29, 1.82) is 0 Å². The number of hydrogen-bond acceptors (Lipinski definition) is 5. The zero-order valence-corrected chi connectivity index (χ0v) is 10.5. The number of ether oxygens (including phenoxy) is 2. The molecule has 0 aromatic carbocycles. The summed E-state index contributed by atoms with van der Waals surface area (Å²) in [5.74, 6) is 0. The van der Waals surface area contributed by atoms with Crippen LogP contribution in [-0.2, 0) is 9.47 Å². The molecule has 2 aliphatic rings. The van der Waals surface area contributed by atoms with Crippen molar-refractivity contribution in [2.45, 2.75) is 19.1 Å². The maximum absolute atomic E-state index is 9.32. The molecule has 5 nitrogen and oxygen atoms in total.